The average Bonchev–Trinajstić information content (AvgIpc) is 2.62. The highest BCUT2D eigenvalue weighted by Gasteiger charge is 2.32. The summed E-state index contributed by atoms with van der Waals surface area (Å²) in [6.07, 6.45) is -1.96. The highest BCUT2D eigenvalue weighted by Crippen LogP contribution is 2.22. The average molecular weight is 395 g/mol. The lowest BCUT2D eigenvalue weighted by atomic mass is 9.87. The Hall–Kier alpha value is -2.61. The predicted molar refractivity (Wildman–Crippen MR) is 101 cm³/mol. The molecule has 0 bridgehead atoms. The minimum absolute atomic E-state index is 0.0650. The van der Waals surface area contributed by atoms with Gasteiger partial charge in [-0.3, -0.25) is 4.79 Å². The van der Waals surface area contributed by atoms with Crippen LogP contribution in [0, 0.1) is 11.3 Å². The Morgan fingerprint density at radius 1 is 1.11 bits per heavy atom. The Bertz CT molecular complexity index is 658. The summed E-state index contributed by atoms with van der Waals surface area (Å²) in [4.78, 5) is 35.4. The number of esters is 1. The molecule has 0 heterocycles. The molecule has 0 spiro atoms. The van der Waals surface area contributed by atoms with Gasteiger partial charge in [-0.05, 0) is 31.7 Å². The number of aliphatic carboxylic acids is 1. The van der Waals surface area contributed by atoms with E-state index in [1.165, 1.54) is 13.8 Å². The van der Waals surface area contributed by atoms with Crippen molar-refractivity contribution in [3.05, 3.63) is 35.9 Å². The smallest absolute Gasteiger partial charge is 0.408 e. The van der Waals surface area contributed by atoms with E-state index >= 15 is 0 Å². The Kier molecular flexibility index (Phi) is 8.91. The maximum atomic E-state index is 12.3. The van der Waals surface area contributed by atoms with Crippen molar-refractivity contribution in [2.75, 3.05) is 6.61 Å². The fourth-order valence-electron chi connectivity index (χ4n) is 2.39. The molecule has 1 rings (SSSR count). The normalized spacial score (nSPS) is 13.5. The zero-order chi connectivity index (χ0) is 21.3. The first kappa shape index (κ1) is 23.4. The Morgan fingerprint density at radius 3 is 2.25 bits per heavy atom. The summed E-state index contributed by atoms with van der Waals surface area (Å²) in [6, 6.07) is 8.15. The predicted octanol–water partition coefficient (Wildman–Crippen LogP) is 2.34. The molecule has 8 nitrogen and oxygen atoms in total. The van der Waals surface area contributed by atoms with Gasteiger partial charge in [0, 0.05) is 0 Å². The van der Waals surface area contributed by atoms with Crippen LogP contribution in [0.3, 0.4) is 0 Å². The van der Waals surface area contributed by atoms with Crippen LogP contribution in [0.4, 0.5) is 4.79 Å². The number of rotatable bonds is 10. The molecule has 2 atom stereocenters. The molecule has 0 saturated heterocycles. The molecule has 0 aromatic heterocycles. The van der Waals surface area contributed by atoms with Gasteiger partial charge in [0.25, 0.3) is 0 Å². The first-order valence-corrected chi connectivity index (χ1v) is 9.08. The van der Waals surface area contributed by atoms with Crippen LogP contribution in [0.2, 0.25) is 0 Å². The SMILES string of the molecule is CC(C)[C@H](NC(=O)OCc1ccccc1)C(=O)OCC(O)CC(C)(C)C(=O)O. The second-order valence-electron chi connectivity index (χ2n) is 7.60. The third-order valence-corrected chi connectivity index (χ3v) is 4.15. The topological polar surface area (TPSA) is 122 Å². The van der Waals surface area contributed by atoms with Crippen LogP contribution in [0.15, 0.2) is 30.3 Å². The third-order valence-electron chi connectivity index (χ3n) is 4.15. The number of carbonyl (C=O) groups excluding carboxylic acids is 2. The molecule has 1 amide bonds. The molecule has 0 aliphatic rings. The second kappa shape index (κ2) is 10.7. The molecular weight excluding hydrogens is 366 g/mol. The lowest BCUT2D eigenvalue weighted by Gasteiger charge is -2.24. The van der Waals surface area contributed by atoms with Gasteiger partial charge < -0.3 is 25.0 Å². The molecule has 1 aromatic rings. The first-order valence-electron chi connectivity index (χ1n) is 9.08. The minimum atomic E-state index is -1.15. The lowest BCUT2D eigenvalue weighted by Crippen LogP contribution is -2.46. The van der Waals surface area contributed by atoms with Crippen LogP contribution in [0.25, 0.3) is 0 Å². The number of amides is 1. The molecule has 1 unspecified atom stereocenters. The monoisotopic (exact) mass is 395 g/mol. The van der Waals surface area contributed by atoms with Crippen molar-refractivity contribution < 1.29 is 34.1 Å². The van der Waals surface area contributed by atoms with E-state index in [1.807, 2.05) is 30.3 Å². The highest BCUT2D eigenvalue weighted by atomic mass is 16.6. The molecule has 1 aromatic carbocycles. The van der Waals surface area contributed by atoms with Crippen LogP contribution >= 0.6 is 0 Å². The first-order chi connectivity index (χ1) is 13.0. The second-order valence-corrected chi connectivity index (χ2v) is 7.60. The van der Waals surface area contributed by atoms with Gasteiger partial charge in [-0.1, -0.05) is 44.2 Å². The van der Waals surface area contributed by atoms with Gasteiger partial charge in [0.1, 0.15) is 19.3 Å². The van der Waals surface area contributed by atoms with Crippen LogP contribution in [0.5, 0.6) is 0 Å². The molecule has 28 heavy (non-hydrogen) atoms. The Morgan fingerprint density at radius 2 is 1.71 bits per heavy atom. The maximum absolute atomic E-state index is 12.3. The van der Waals surface area contributed by atoms with E-state index in [0.717, 1.165) is 5.56 Å². The third kappa shape index (κ3) is 7.96. The summed E-state index contributed by atoms with van der Waals surface area (Å²) in [7, 11) is 0. The van der Waals surface area contributed by atoms with Gasteiger partial charge in [-0.2, -0.15) is 0 Å². The van der Waals surface area contributed by atoms with Crippen LogP contribution < -0.4 is 5.32 Å². The minimum Gasteiger partial charge on any atom is -0.481 e. The number of ether oxygens (including phenoxy) is 2. The van der Waals surface area contributed by atoms with Crippen molar-refractivity contribution in [2.24, 2.45) is 11.3 Å². The van der Waals surface area contributed by atoms with E-state index in [-0.39, 0.29) is 25.6 Å². The van der Waals surface area contributed by atoms with Gasteiger partial charge in [0.15, 0.2) is 0 Å². The molecule has 0 saturated carbocycles. The number of aliphatic hydroxyl groups is 1. The number of carbonyl (C=O) groups is 3. The molecule has 8 heteroatoms. The van der Waals surface area contributed by atoms with Gasteiger partial charge in [0.05, 0.1) is 11.5 Å². The van der Waals surface area contributed by atoms with Crippen molar-refractivity contribution in [1.29, 1.82) is 0 Å². The number of carboxylic acid groups (broad SMARTS) is 1. The van der Waals surface area contributed by atoms with Crippen molar-refractivity contribution in [1.82, 2.24) is 5.32 Å². The van der Waals surface area contributed by atoms with E-state index in [2.05, 4.69) is 5.32 Å². The van der Waals surface area contributed by atoms with E-state index in [9.17, 15) is 19.5 Å². The summed E-state index contributed by atoms with van der Waals surface area (Å²) in [6.45, 7) is 6.11. The Balaban J connectivity index is 2.52. The highest BCUT2D eigenvalue weighted by molar-refractivity contribution is 5.81. The van der Waals surface area contributed by atoms with E-state index in [1.54, 1.807) is 13.8 Å². The van der Waals surface area contributed by atoms with Crippen molar-refractivity contribution in [3.63, 3.8) is 0 Å². The van der Waals surface area contributed by atoms with Gasteiger partial charge >= 0.3 is 18.0 Å². The lowest BCUT2D eigenvalue weighted by molar-refractivity contribution is -0.153. The fourth-order valence-corrected chi connectivity index (χ4v) is 2.39. The summed E-state index contributed by atoms with van der Waals surface area (Å²) in [5.74, 6) is -2.05. The Labute approximate surface area is 164 Å². The van der Waals surface area contributed by atoms with Crippen LogP contribution in [0.1, 0.15) is 39.7 Å². The molecule has 0 radical (unpaired) electrons. The molecule has 0 aliphatic heterocycles. The molecule has 156 valence electrons. The van der Waals surface area contributed by atoms with Gasteiger partial charge in [0.2, 0.25) is 0 Å². The standard InChI is InChI=1S/C20H29NO7/c1-13(2)16(21-19(26)28-11-14-8-6-5-7-9-14)17(23)27-12-15(22)10-20(3,4)18(24)25/h5-9,13,15-16,22H,10-12H2,1-4H3,(H,21,26)(H,24,25)/t15?,16-/m0/s1. The zero-order valence-electron chi connectivity index (χ0n) is 16.7. The summed E-state index contributed by atoms with van der Waals surface area (Å²) in [5, 5.41) is 21.5. The summed E-state index contributed by atoms with van der Waals surface area (Å²) < 4.78 is 10.2. The van der Waals surface area contributed by atoms with Gasteiger partial charge in [-0.25, -0.2) is 9.59 Å². The number of alkyl carbamates (subject to hydrolysis) is 1. The fraction of sp³-hybridized carbons (Fsp3) is 0.550. The van der Waals surface area contributed by atoms with Gasteiger partial charge in [-0.15, -0.1) is 0 Å². The molecule has 3 N–H and O–H groups in total. The van der Waals surface area contributed by atoms with Crippen molar-refractivity contribution in [2.45, 2.75) is 52.9 Å². The number of nitrogens with one attached hydrogen (secondary N) is 1. The van der Waals surface area contributed by atoms with Crippen molar-refractivity contribution in [3.8, 4) is 0 Å². The van der Waals surface area contributed by atoms with E-state index in [0.29, 0.717) is 0 Å². The maximum Gasteiger partial charge on any atom is 0.408 e. The quantitative estimate of drug-likeness (QED) is 0.520. The van der Waals surface area contributed by atoms with Crippen LogP contribution in [-0.2, 0) is 25.7 Å². The number of aliphatic hydroxyl groups excluding tert-OH is 1. The van der Waals surface area contributed by atoms with Crippen LogP contribution in [-0.4, -0.2) is 47.0 Å². The molecular formula is C20H29NO7. The number of hydrogen-bond acceptors (Lipinski definition) is 6. The van der Waals surface area contributed by atoms with E-state index < -0.39 is 35.6 Å². The van der Waals surface area contributed by atoms with Crippen molar-refractivity contribution >= 4 is 18.0 Å². The number of hydrogen-bond donors (Lipinski definition) is 3. The summed E-state index contributed by atoms with van der Waals surface area (Å²) in [5.41, 5.74) is -0.339. The largest absolute Gasteiger partial charge is 0.481 e. The molecule has 0 fully saturated rings. The number of carboxylic acids is 1. The zero-order valence-corrected chi connectivity index (χ0v) is 16.7. The number of benzene rings is 1. The molecule has 0 aliphatic carbocycles. The summed E-state index contributed by atoms with van der Waals surface area (Å²) >= 11 is 0. The van der Waals surface area contributed by atoms with E-state index in [4.69, 9.17) is 14.6 Å².